The summed E-state index contributed by atoms with van der Waals surface area (Å²) in [5, 5.41) is 3.43. The molecule has 0 aromatic carbocycles. The van der Waals surface area contributed by atoms with Gasteiger partial charge in [0.05, 0.1) is 12.7 Å². The zero-order valence-electron chi connectivity index (χ0n) is 14.7. The minimum absolute atomic E-state index is 0.183. The van der Waals surface area contributed by atoms with Crippen molar-refractivity contribution in [3.05, 3.63) is 0 Å². The Morgan fingerprint density at radius 3 is 2.64 bits per heavy atom. The summed E-state index contributed by atoms with van der Waals surface area (Å²) in [6, 6.07) is 0. The van der Waals surface area contributed by atoms with Gasteiger partial charge in [0, 0.05) is 32.8 Å². The predicted molar refractivity (Wildman–Crippen MR) is 90.3 cm³/mol. The van der Waals surface area contributed by atoms with Gasteiger partial charge in [-0.2, -0.15) is 0 Å². The number of aliphatic imine (C=N–C) groups is 1. The van der Waals surface area contributed by atoms with Crippen molar-refractivity contribution in [1.29, 1.82) is 0 Å². The molecule has 2 aliphatic rings. The van der Waals surface area contributed by atoms with Gasteiger partial charge in [0.1, 0.15) is 6.10 Å². The number of nitrogens with zero attached hydrogens (tertiary/aromatic N) is 2. The van der Waals surface area contributed by atoms with Crippen LogP contribution < -0.4 is 5.32 Å². The van der Waals surface area contributed by atoms with Gasteiger partial charge < -0.3 is 19.7 Å². The zero-order chi connectivity index (χ0) is 16.0. The molecule has 0 aromatic heterocycles. The number of hydrogen-bond donors (Lipinski definition) is 1. The Bertz CT molecular complexity index is 359. The fourth-order valence-electron chi connectivity index (χ4n) is 2.91. The van der Waals surface area contributed by atoms with E-state index in [1.807, 2.05) is 0 Å². The lowest BCUT2D eigenvalue weighted by Gasteiger charge is -2.37. The van der Waals surface area contributed by atoms with Crippen LogP contribution in [0, 0.1) is 5.41 Å². The van der Waals surface area contributed by atoms with Crippen molar-refractivity contribution < 1.29 is 9.47 Å². The summed E-state index contributed by atoms with van der Waals surface area (Å²) >= 11 is 0. The smallest absolute Gasteiger partial charge is 0.194 e. The SMILES string of the molecule is CCNC(=NCCC(C)(C)C)N1CCOC(C2CCCO2)C1. The lowest BCUT2D eigenvalue weighted by molar-refractivity contribution is -0.0817. The highest BCUT2D eigenvalue weighted by Gasteiger charge is 2.32. The van der Waals surface area contributed by atoms with Crippen LogP contribution in [0.4, 0.5) is 0 Å². The monoisotopic (exact) mass is 311 g/mol. The van der Waals surface area contributed by atoms with Gasteiger partial charge in [-0.05, 0) is 31.6 Å². The van der Waals surface area contributed by atoms with Gasteiger partial charge >= 0.3 is 0 Å². The fourth-order valence-corrected chi connectivity index (χ4v) is 2.91. The first-order valence-corrected chi connectivity index (χ1v) is 8.76. The van der Waals surface area contributed by atoms with Crippen LogP contribution in [0.3, 0.4) is 0 Å². The lowest BCUT2D eigenvalue weighted by Crippen LogP contribution is -2.53. The molecule has 2 rings (SSSR count). The van der Waals surface area contributed by atoms with Gasteiger partial charge in [-0.3, -0.25) is 4.99 Å². The van der Waals surface area contributed by atoms with E-state index in [9.17, 15) is 0 Å². The number of rotatable bonds is 4. The maximum absolute atomic E-state index is 5.93. The third-order valence-electron chi connectivity index (χ3n) is 4.23. The molecule has 1 N–H and O–H groups in total. The van der Waals surface area contributed by atoms with Crippen molar-refractivity contribution >= 4 is 5.96 Å². The third-order valence-corrected chi connectivity index (χ3v) is 4.23. The van der Waals surface area contributed by atoms with Crippen LogP contribution in [0.1, 0.15) is 47.0 Å². The van der Waals surface area contributed by atoms with Crippen LogP contribution in [-0.2, 0) is 9.47 Å². The number of hydrogen-bond acceptors (Lipinski definition) is 3. The summed E-state index contributed by atoms with van der Waals surface area (Å²) in [4.78, 5) is 7.15. The second-order valence-corrected chi connectivity index (χ2v) is 7.45. The predicted octanol–water partition coefficient (Wildman–Crippen LogP) is 2.27. The van der Waals surface area contributed by atoms with Gasteiger partial charge in [0.25, 0.3) is 0 Å². The minimum atomic E-state index is 0.183. The van der Waals surface area contributed by atoms with Crippen molar-refractivity contribution in [1.82, 2.24) is 10.2 Å². The second kappa shape index (κ2) is 8.16. The first kappa shape index (κ1) is 17.5. The summed E-state index contributed by atoms with van der Waals surface area (Å²) in [5.41, 5.74) is 0.325. The molecule has 2 aliphatic heterocycles. The first-order chi connectivity index (χ1) is 10.5. The van der Waals surface area contributed by atoms with E-state index < -0.39 is 0 Å². The molecular weight excluding hydrogens is 278 g/mol. The van der Waals surface area contributed by atoms with E-state index in [2.05, 4.69) is 37.9 Å². The Kier molecular flexibility index (Phi) is 6.50. The van der Waals surface area contributed by atoms with Crippen molar-refractivity contribution in [3.63, 3.8) is 0 Å². The zero-order valence-corrected chi connectivity index (χ0v) is 14.7. The molecule has 5 nitrogen and oxygen atoms in total. The minimum Gasteiger partial charge on any atom is -0.375 e. The molecule has 0 aliphatic carbocycles. The lowest BCUT2D eigenvalue weighted by atomic mass is 9.92. The van der Waals surface area contributed by atoms with E-state index in [4.69, 9.17) is 14.5 Å². The third kappa shape index (κ3) is 5.43. The number of guanidine groups is 1. The molecule has 0 saturated carbocycles. The van der Waals surface area contributed by atoms with E-state index in [1.54, 1.807) is 0 Å². The summed E-state index contributed by atoms with van der Waals surface area (Å²) in [5.74, 6) is 1.03. The molecule has 2 unspecified atom stereocenters. The summed E-state index contributed by atoms with van der Waals surface area (Å²) < 4.78 is 11.7. The van der Waals surface area contributed by atoms with Gasteiger partial charge in [0.15, 0.2) is 5.96 Å². The van der Waals surface area contributed by atoms with Crippen LogP contribution in [-0.4, -0.2) is 62.5 Å². The molecule has 22 heavy (non-hydrogen) atoms. The van der Waals surface area contributed by atoms with Crippen LogP contribution in [0.15, 0.2) is 4.99 Å². The van der Waals surface area contributed by atoms with Crippen LogP contribution >= 0.6 is 0 Å². The summed E-state index contributed by atoms with van der Waals surface area (Å²) in [6.07, 6.45) is 3.82. The Labute approximate surface area is 135 Å². The average Bonchev–Trinajstić information content (AvgIpc) is 2.99. The molecule has 2 atom stereocenters. The van der Waals surface area contributed by atoms with Gasteiger partial charge in [-0.25, -0.2) is 0 Å². The average molecular weight is 311 g/mol. The molecule has 0 radical (unpaired) electrons. The largest absolute Gasteiger partial charge is 0.375 e. The molecule has 128 valence electrons. The molecule has 2 saturated heterocycles. The molecular formula is C17H33N3O2. The highest BCUT2D eigenvalue weighted by atomic mass is 16.5. The van der Waals surface area contributed by atoms with E-state index in [-0.39, 0.29) is 12.2 Å². The Morgan fingerprint density at radius 2 is 2.00 bits per heavy atom. The summed E-state index contributed by atoms with van der Waals surface area (Å²) in [6.45, 7) is 14.1. The maximum Gasteiger partial charge on any atom is 0.194 e. The number of morpholine rings is 1. The normalized spacial score (nSPS) is 27.3. The van der Waals surface area contributed by atoms with Crippen molar-refractivity contribution in [2.24, 2.45) is 10.4 Å². The first-order valence-electron chi connectivity index (χ1n) is 8.76. The molecule has 0 bridgehead atoms. The highest BCUT2D eigenvalue weighted by molar-refractivity contribution is 5.80. The van der Waals surface area contributed by atoms with Gasteiger partial charge in [-0.1, -0.05) is 20.8 Å². The molecule has 2 heterocycles. The van der Waals surface area contributed by atoms with Crippen LogP contribution in [0.5, 0.6) is 0 Å². The van der Waals surface area contributed by atoms with E-state index in [1.165, 1.54) is 0 Å². The van der Waals surface area contributed by atoms with Crippen LogP contribution in [0.25, 0.3) is 0 Å². The van der Waals surface area contributed by atoms with Crippen molar-refractivity contribution in [2.45, 2.75) is 59.2 Å². The summed E-state index contributed by atoms with van der Waals surface area (Å²) in [7, 11) is 0. The highest BCUT2D eigenvalue weighted by Crippen LogP contribution is 2.21. The van der Waals surface area contributed by atoms with E-state index in [0.717, 1.165) is 64.6 Å². The molecule has 2 fully saturated rings. The quantitative estimate of drug-likeness (QED) is 0.639. The van der Waals surface area contributed by atoms with Crippen molar-refractivity contribution in [3.8, 4) is 0 Å². The van der Waals surface area contributed by atoms with Gasteiger partial charge in [0.2, 0.25) is 0 Å². The number of ether oxygens (including phenoxy) is 2. The van der Waals surface area contributed by atoms with Gasteiger partial charge in [-0.15, -0.1) is 0 Å². The van der Waals surface area contributed by atoms with E-state index in [0.29, 0.717) is 5.41 Å². The second-order valence-electron chi connectivity index (χ2n) is 7.45. The molecule has 5 heteroatoms. The number of nitrogens with one attached hydrogen (secondary N) is 1. The Morgan fingerprint density at radius 1 is 1.23 bits per heavy atom. The molecule has 0 spiro atoms. The fraction of sp³-hybridized carbons (Fsp3) is 0.941. The standard InChI is InChI=1S/C17H33N3O2/c1-5-18-16(19-9-8-17(2,3)4)20-10-12-22-15(13-20)14-7-6-11-21-14/h14-15H,5-13H2,1-4H3,(H,18,19). The van der Waals surface area contributed by atoms with E-state index >= 15 is 0 Å². The molecule has 0 amide bonds. The van der Waals surface area contributed by atoms with Crippen LogP contribution in [0.2, 0.25) is 0 Å². The topological polar surface area (TPSA) is 46.1 Å². The molecule has 0 aromatic rings. The Balaban J connectivity index is 1.92. The van der Waals surface area contributed by atoms with Crippen molar-refractivity contribution in [2.75, 3.05) is 39.4 Å². The maximum atomic E-state index is 5.93. The Hall–Kier alpha value is -0.810.